The molecule has 8 nitrogen and oxygen atoms in total. The molecule has 1 fully saturated rings. The van der Waals surface area contributed by atoms with E-state index >= 15 is 0 Å². The van der Waals surface area contributed by atoms with E-state index in [1.165, 1.54) is 6.26 Å². The van der Waals surface area contributed by atoms with Gasteiger partial charge in [0, 0.05) is 25.4 Å². The second kappa shape index (κ2) is 7.52. The molecule has 10 heteroatoms. The molecule has 1 aliphatic rings. The summed E-state index contributed by atoms with van der Waals surface area (Å²) in [5.41, 5.74) is 0. The smallest absolute Gasteiger partial charge is 0.211 e. The zero-order valence-corrected chi connectivity index (χ0v) is 14.0. The Balaban J connectivity index is 1.87. The summed E-state index contributed by atoms with van der Waals surface area (Å²) in [6, 6.07) is 0. The number of likely N-dealkylation sites (N-methyl/N-ethyl adjacent to an activating group) is 1. The minimum atomic E-state index is -3.08. The number of piperidine rings is 1. The van der Waals surface area contributed by atoms with Crippen LogP contribution in [0.1, 0.15) is 12.8 Å². The Labute approximate surface area is 129 Å². The summed E-state index contributed by atoms with van der Waals surface area (Å²) in [7, 11) is -1.19. The van der Waals surface area contributed by atoms with E-state index in [-0.39, 0.29) is 0 Å². The van der Waals surface area contributed by atoms with E-state index in [9.17, 15) is 8.42 Å². The summed E-state index contributed by atoms with van der Waals surface area (Å²) in [5, 5.41) is 15.5. The van der Waals surface area contributed by atoms with E-state index in [2.05, 4.69) is 20.8 Å². The number of aromatic nitrogens is 4. The van der Waals surface area contributed by atoms with Gasteiger partial charge in [-0.2, -0.15) is 0 Å². The van der Waals surface area contributed by atoms with Crippen molar-refractivity contribution in [1.29, 1.82) is 0 Å². The van der Waals surface area contributed by atoms with E-state index in [1.807, 2.05) is 7.05 Å². The number of rotatable bonds is 7. The van der Waals surface area contributed by atoms with Crippen LogP contribution in [0.2, 0.25) is 0 Å². The number of hydrogen-bond donors (Lipinski definition) is 1. The molecule has 1 aromatic heterocycles. The highest BCUT2D eigenvalue weighted by molar-refractivity contribution is 7.99. The third-order valence-electron chi connectivity index (χ3n) is 3.47. The molecule has 1 aromatic rings. The normalized spacial score (nSPS) is 20.8. The van der Waals surface area contributed by atoms with Gasteiger partial charge in [0.25, 0.3) is 0 Å². The second-order valence-electron chi connectivity index (χ2n) is 5.23. The van der Waals surface area contributed by atoms with Crippen LogP contribution in [-0.2, 0) is 16.6 Å². The highest BCUT2D eigenvalue weighted by Crippen LogP contribution is 2.25. The number of nitrogens with one attached hydrogen (secondary N) is 1. The van der Waals surface area contributed by atoms with Crippen LogP contribution in [0.4, 0.5) is 0 Å². The van der Waals surface area contributed by atoms with Gasteiger partial charge in [-0.1, -0.05) is 11.8 Å². The van der Waals surface area contributed by atoms with Gasteiger partial charge in [-0.3, -0.25) is 0 Å². The maximum absolute atomic E-state index is 11.6. The van der Waals surface area contributed by atoms with Crippen molar-refractivity contribution in [3.8, 4) is 0 Å². The molecule has 0 bridgehead atoms. The van der Waals surface area contributed by atoms with Crippen LogP contribution >= 0.6 is 11.8 Å². The SMILES string of the molecule is CNCCn1nnnc1SCC1CCCN(S(C)(=O)=O)C1. The zero-order valence-electron chi connectivity index (χ0n) is 12.4. The minimum Gasteiger partial charge on any atom is -0.318 e. The fraction of sp³-hybridized carbons (Fsp3) is 0.909. The van der Waals surface area contributed by atoms with Gasteiger partial charge in [0.15, 0.2) is 0 Å². The van der Waals surface area contributed by atoms with Crippen molar-refractivity contribution in [2.24, 2.45) is 5.92 Å². The van der Waals surface area contributed by atoms with Crippen LogP contribution in [0, 0.1) is 5.92 Å². The summed E-state index contributed by atoms with van der Waals surface area (Å²) >= 11 is 1.60. The molecule has 0 amide bonds. The second-order valence-corrected chi connectivity index (χ2v) is 8.20. The molecule has 0 saturated carbocycles. The predicted octanol–water partition coefficient (Wildman–Crippen LogP) is -0.344. The largest absolute Gasteiger partial charge is 0.318 e. The molecule has 1 unspecified atom stereocenters. The van der Waals surface area contributed by atoms with Crippen molar-refractivity contribution in [2.45, 2.75) is 24.5 Å². The van der Waals surface area contributed by atoms with Crippen LogP contribution < -0.4 is 5.32 Å². The molecule has 1 saturated heterocycles. The van der Waals surface area contributed by atoms with Gasteiger partial charge in [-0.25, -0.2) is 17.4 Å². The van der Waals surface area contributed by atoms with Gasteiger partial charge >= 0.3 is 0 Å². The molecule has 0 radical (unpaired) electrons. The molecule has 0 spiro atoms. The third-order valence-corrected chi connectivity index (χ3v) is 5.93. The molecule has 2 rings (SSSR count). The molecule has 21 heavy (non-hydrogen) atoms. The highest BCUT2D eigenvalue weighted by atomic mass is 32.2. The summed E-state index contributed by atoms with van der Waals surface area (Å²) in [5.74, 6) is 1.19. The van der Waals surface area contributed by atoms with E-state index in [0.717, 1.165) is 36.8 Å². The quantitative estimate of drug-likeness (QED) is 0.682. The molecular weight excluding hydrogens is 312 g/mol. The fourth-order valence-corrected chi connectivity index (χ4v) is 4.28. The molecule has 1 aliphatic heterocycles. The zero-order chi connectivity index (χ0) is 15.3. The Morgan fingerprint density at radius 2 is 2.29 bits per heavy atom. The van der Waals surface area contributed by atoms with Crippen LogP contribution in [0.5, 0.6) is 0 Å². The van der Waals surface area contributed by atoms with E-state index in [1.54, 1.807) is 20.7 Å². The lowest BCUT2D eigenvalue weighted by Gasteiger charge is -2.30. The van der Waals surface area contributed by atoms with Crippen LogP contribution in [0.3, 0.4) is 0 Å². The molecular formula is C11H22N6O2S2. The van der Waals surface area contributed by atoms with Crippen LogP contribution in [0.25, 0.3) is 0 Å². The number of nitrogens with zero attached hydrogens (tertiary/aromatic N) is 5. The van der Waals surface area contributed by atoms with Crippen molar-refractivity contribution in [3.63, 3.8) is 0 Å². The van der Waals surface area contributed by atoms with Crippen molar-refractivity contribution in [1.82, 2.24) is 29.8 Å². The Morgan fingerprint density at radius 3 is 3.00 bits per heavy atom. The Kier molecular flexibility index (Phi) is 5.97. The standard InChI is InChI=1S/C11H22N6O2S2/c1-12-5-7-17-11(13-14-15-17)20-9-10-4-3-6-16(8-10)21(2,18)19/h10,12H,3-9H2,1-2H3. The lowest BCUT2D eigenvalue weighted by atomic mass is 10.0. The summed E-state index contributed by atoms with van der Waals surface area (Å²) in [4.78, 5) is 0. The monoisotopic (exact) mass is 334 g/mol. The highest BCUT2D eigenvalue weighted by Gasteiger charge is 2.26. The first-order valence-corrected chi connectivity index (χ1v) is 9.83. The van der Waals surface area contributed by atoms with Crippen molar-refractivity contribution < 1.29 is 8.42 Å². The third kappa shape index (κ3) is 4.90. The van der Waals surface area contributed by atoms with Crippen molar-refractivity contribution in [2.75, 3.05) is 38.7 Å². The van der Waals surface area contributed by atoms with Gasteiger partial charge in [0.2, 0.25) is 15.2 Å². The number of thioether (sulfide) groups is 1. The lowest BCUT2D eigenvalue weighted by Crippen LogP contribution is -2.39. The van der Waals surface area contributed by atoms with Gasteiger partial charge < -0.3 is 5.32 Å². The van der Waals surface area contributed by atoms with E-state index in [0.29, 0.717) is 19.0 Å². The van der Waals surface area contributed by atoms with Crippen LogP contribution in [-0.4, -0.2) is 71.6 Å². The van der Waals surface area contributed by atoms with Crippen LogP contribution in [0.15, 0.2) is 5.16 Å². The molecule has 2 heterocycles. The maximum Gasteiger partial charge on any atom is 0.211 e. The van der Waals surface area contributed by atoms with E-state index < -0.39 is 10.0 Å². The maximum atomic E-state index is 11.6. The average molecular weight is 334 g/mol. The van der Waals surface area contributed by atoms with Crippen molar-refractivity contribution >= 4 is 21.8 Å². The summed E-state index contributed by atoms with van der Waals surface area (Å²) < 4.78 is 26.6. The fourth-order valence-electron chi connectivity index (χ4n) is 2.31. The first-order valence-electron chi connectivity index (χ1n) is 6.99. The summed E-state index contributed by atoms with van der Waals surface area (Å²) in [6.45, 7) is 2.78. The number of hydrogen-bond acceptors (Lipinski definition) is 7. The minimum absolute atomic E-state index is 0.355. The molecule has 1 atom stereocenters. The Hall–Kier alpha value is -0.710. The molecule has 0 aromatic carbocycles. The first kappa shape index (κ1) is 16.7. The molecule has 0 aliphatic carbocycles. The van der Waals surface area contributed by atoms with Gasteiger partial charge in [0.05, 0.1) is 12.8 Å². The number of tetrazole rings is 1. The number of sulfonamides is 1. The van der Waals surface area contributed by atoms with Gasteiger partial charge in [-0.15, -0.1) is 5.10 Å². The molecule has 1 N–H and O–H groups in total. The first-order chi connectivity index (χ1) is 10.0. The topological polar surface area (TPSA) is 93.0 Å². The van der Waals surface area contributed by atoms with E-state index in [4.69, 9.17) is 0 Å². The molecule has 120 valence electrons. The Bertz CT molecular complexity index is 547. The van der Waals surface area contributed by atoms with Gasteiger partial charge in [-0.05, 0) is 36.2 Å². The average Bonchev–Trinajstić information content (AvgIpc) is 2.90. The Morgan fingerprint density at radius 1 is 1.48 bits per heavy atom. The van der Waals surface area contributed by atoms with Gasteiger partial charge in [0.1, 0.15) is 0 Å². The lowest BCUT2D eigenvalue weighted by molar-refractivity contribution is 0.286. The predicted molar refractivity (Wildman–Crippen MR) is 81.6 cm³/mol. The van der Waals surface area contributed by atoms with Crippen molar-refractivity contribution in [3.05, 3.63) is 0 Å². The summed E-state index contributed by atoms with van der Waals surface area (Å²) in [6.07, 6.45) is 3.25.